The smallest absolute Gasteiger partial charge is 0.319 e. The summed E-state index contributed by atoms with van der Waals surface area (Å²) in [4.78, 5) is 13.0. The SMILES string of the molecule is COc1cccc(CNC(=O)Nc2cc(Cl)ccc2SC)c1. The Hall–Kier alpha value is -1.85. The van der Waals surface area contributed by atoms with Crippen molar-refractivity contribution in [2.75, 3.05) is 18.7 Å². The summed E-state index contributed by atoms with van der Waals surface area (Å²) in [5.74, 6) is 0.763. The summed E-state index contributed by atoms with van der Waals surface area (Å²) in [5.41, 5.74) is 1.66. The van der Waals surface area contributed by atoms with E-state index in [0.29, 0.717) is 17.3 Å². The minimum Gasteiger partial charge on any atom is -0.497 e. The highest BCUT2D eigenvalue weighted by Gasteiger charge is 2.07. The third-order valence-electron chi connectivity index (χ3n) is 3.00. The minimum absolute atomic E-state index is 0.277. The van der Waals surface area contributed by atoms with Crippen molar-refractivity contribution in [2.45, 2.75) is 11.4 Å². The highest BCUT2D eigenvalue weighted by atomic mass is 35.5. The maximum absolute atomic E-state index is 12.0. The Labute approximate surface area is 139 Å². The van der Waals surface area contributed by atoms with Crippen molar-refractivity contribution in [3.63, 3.8) is 0 Å². The second kappa shape index (κ2) is 7.96. The number of urea groups is 1. The summed E-state index contributed by atoms with van der Waals surface area (Å²) in [6.07, 6.45) is 1.95. The average molecular weight is 337 g/mol. The van der Waals surface area contributed by atoms with Crippen LogP contribution in [0.3, 0.4) is 0 Å². The number of carbonyl (C=O) groups excluding carboxylic acids is 1. The van der Waals surface area contributed by atoms with Crippen molar-refractivity contribution >= 4 is 35.1 Å². The Bertz CT molecular complexity index is 664. The van der Waals surface area contributed by atoms with E-state index in [1.165, 1.54) is 0 Å². The fourth-order valence-corrected chi connectivity index (χ4v) is 2.62. The fraction of sp³-hybridized carbons (Fsp3) is 0.188. The quantitative estimate of drug-likeness (QED) is 0.796. The van der Waals surface area contributed by atoms with Gasteiger partial charge < -0.3 is 15.4 Å². The molecule has 2 aromatic rings. The number of hydrogen-bond donors (Lipinski definition) is 2. The van der Waals surface area contributed by atoms with Crippen LogP contribution in [-0.2, 0) is 6.54 Å². The molecule has 6 heteroatoms. The van der Waals surface area contributed by atoms with Crippen LogP contribution in [0.4, 0.5) is 10.5 Å². The Morgan fingerprint density at radius 3 is 2.82 bits per heavy atom. The van der Waals surface area contributed by atoms with Gasteiger partial charge in [-0.1, -0.05) is 23.7 Å². The van der Waals surface area contributed by atoms with E-state index in [0.717, 1.165) is 16.2 Å². The number of thioether (sulfide) groups is 1. The Balaban J connectivity index is 1.97. The molecule has 2 amide bonds. The van der Waals surface area contributed by atoms with Crippen molar-refractivity contribution in [1.29, 1.82) is 0 Å². The summed E-state index contributed by atoms with van der Waals surface area (Å²) in [6, 6.07) is 12.7. The van der Waals surface area contributed by atoms with Gasteiger partial charge in [-0.15, -0.1) is 11.8 Å². The molecule has 0 heterocycles. The van der Waals surface area contributed by atoms with Crippen LogP contribution in [0.5, 0.6) is 5.75 Å². The summed E-state index contributed by atoms with van der Waals surface area (Å²) in [6.45, 7) is 0.415. The molecule has 22 heavy (non-hydrogen) atoms. The fourth-order valence-electron chi connectivity index (χ4n) is 1.91. The first-order valence-electron chi connectivity index (χ1n) is 6.63. The largest absolute Gasteiger partial charge is 0.497 e. The lowest BCUT2D eigenvalue weighted by atomic mass is 10.2. The molecule has 2 rings (SSSR count). The molecule has 0 aliphatic rings. The van der Waals surface area contributed by atoms with E-state index in [2.05, 4.69) is 10.6 Å². The molecular formula is C16H17ClN2O2S. The van der Waals surface area contributed by atoms with E-state index in [1.807, 2.05) is 36.6 Å². The number of benzene rings is 2. The van der Waals surface area contributed by atoms with Crippen LogP contribution in [0.25, 0.3) is 0 Å². The van der Waals surface area contributed by atoms with E-state index >= 15 is 0 Å². The van der Waals surface area contributed by atoms with Gasteiger partial charge in [0.05, 0.1) is 12.8 Å². The van der Waals surface area contributed by atoms with Crippen molar-refractivity contribution in [3.8, 4) is 5.75 Å². The molecule has 4 nitrogen and oxygen atoms in total. The first-order chi connectivity index (χ1) is 10.6. The van der Waals surface area contributed by atoms with E-state index in [1.54, 1.807) is 31.0 Å². The number of amides is 2. The maximum Gasteiger partial charge on any atom is 0.319 e. The van der Waals surface area contributed by atoms with E-state index in [4.69, 9.17) is 16.3 Å². The molecule has 0 bridgehead atoms. The lowest BCUT2D eigenvalue weighted by molar-refractivity contribution is 0.251. The van der Waals surface area contributed by atoms with Crippen LogP contribution in [0.15, 0.2) is 47.4 Å². The molecule has 0 fully saturated rings. The molecular weight excluding hydrogens is 320 g/mol. The van der Waals surface area contributed by atoms with Gasteiger partial charge in [-0.25, -0.2) is 4.79 Å². The second-order valence-electron chi connectivity index (χ2n) is 4.50. The third kappa shape index (κ3) is 4.58. The first kappa shape index (κ1) is 16.5. The normalized spacial score (nSPS) is 10.1. The van der Waals surface area contributed by atoms with Gasteiger partial charge in [0.1, 0.15) is 5.75 Å². The maximum atomic E-state index is 12.0. The van der Waals surface area contributed by atoms with Crippen LogP contribution >= 0.6 is 23.4 Å². The third-order valence-corrected chi connectivity index (χ3v) is 4.03. The molecule has 0 aromatic heterocycles. The highest BCUT2D eigenvalue weighted by molar-refractivity contribution is 7.98. The molecule has 0 aliphatic heterocycles. The van der Waals surface area contributed by atoms with Gasteiger partial charge in [0.15, 0.2) is 0 Å². The van der Waals surface area contributed by atoms with Gasteiger partial charge in [0.2, 0.25) is 0 Å². The van der Waals surface area contributed by atoms with E-state index in [-0.39, 0.29) is 6.03 Å². The molecule has 0 saturated carbocycles. The minimum atomic E-state index is -0.277. The van der Waals surface area contributed by atoms with Crippen LogP contribution in [0.2, 0.25) is 5.02 Å². The summed E-state index contributed by atoms with van der Waals surface area (Å²) < 4.78 is 5.16. The van der Waals surface area contributed by atoms with E-state index in [9.17, 15) is 4.79 Å². The second-order valence-corrected chi connectivity index (χ2v) is 5.79. The average Bonchev–Trinajstić information content (AvgIpc) is 2.53. The summed E-state index contributed by atoms with van der Waals surface area (Å²) in [5, 5.41) is 6.21. The molecule has 0 unspecified atom stereocenters. The molecule has 0 atom stereocenters. The molecule has 116 valence electrons. The first-order valence-corrected chi connectivity index (χ1v) is 8.24. The van der Waals surface area contributed by atoms with Gasteiger partial charge in [0, 0.05) is 16.5 Å². The number of rotatable bonds is 5. The van der Waals surface area contributed by atoms with Gasteiger partial charge in [-0.2, -0.15) is 0 Å². The van der Waals surface area contributed by atoms with Crippen molar-refractivity contribution in [1.82, 2.24) is 5.32 Å². The molecule has 0 radical (unpaired) electrons. The topological polar surface area (TPSA) is 50.4 Å². The summed E-state index contributed by atoms with van der Waals surface area (Å²) in [7, 11) is 1.61. The molecule has 0 saturated heterocycles. The van der Waals surface area contributed by atoms with Crippen LogP contribution in [0.1, 0.15) is 5.56 Å². The lowest BCUT2D eigenvalue weighted by Gasteiger charge is -2.11. The number of carbonyl (C=O) groups is 1. The van der Waals surface area contributed by atoms with Crippen LogP contribution in [-0.4, -0.2) is 19.4 Å². The van der Waals surface area contributed by atoms with Gasteiger partial charge in [-0.05, 0) is 42.2 Å². The van der Waals surface area contributed by atoms with Crippen LogP contribution in [0, 0.1) is 0 Å². The monoisotopic (exact) mass is 336 g/mol. The van der Waals surface area contributed by atoms with Crippen LogP contribution < -0.4 is 15.4 Å². The number of halogens is 1. The molecule has 0 spiro atoms. The van der Waals surface area contributed by atoms with E-state index < -0.39 is 0 Å². The highest BCUT2D eigenvalue weighted by Crippen LogP contribution is 2.28. The number of anilines is 1. The number of hydrogen-bond acceptors (Lipinski definition) is 3. The zero-order chi connectivity index (χ0) is 15.9. The Kier molecular flexibility index (Phi) is 5.98. The Morgan fingerprint density at radius 1 is 1.27 bits per heavy atom. The molecule has 0 aliphatic carbocycles. The zero-order valence-electron chi connectivity index (χ0n) is 12.4. The van der Waals surface area contributed by atoms with Crippen molar-refractivity contribution in [3.05, 3.63) is 53.1 Å². The number of methoxy groups -OCH3 is 1. The number of ether oxygens (including phenoxy) is 1. The lowest BCUT2D eigenvalue weighted by Crippen LogP contribution is -2.28. The Morgan fingerprint density at radius 2 is 2.09 bits per heavy atom. The standard InChI is InChI=1S/C16H17ClN2O2S/c1-21-13-5-3-4-11(8-13)10-18-16(20)19-14-9-12(17)6-7-15(14)22-2/h3-9H,10H2,1-2H3,(H2,18,19,20). The van der Waals surface area contributed by atoms with Gasteiger partial charge in [0.25, 0.3) is 0 Å². The van der Waals surface area contributed by atoms with Crippen molar-refractivity contribution in [2.24, 2.45) is 0 Å². The zero-order valence-corrected chi connectivity index (χ0v) is 13.9. The van der Waals surface area contributed by atoms with Gasteiger partial charge in [-0.3, -0.25) is 0 Å². The number of nitrogens with one attached hydrogen (secondary N) is 2. The molecule has 2 aromatic carbocycles. The molecule has 2 N–H and O–H groups in total. The van der Waals surface area contributed by atoms with Crippen molar-refractivity contribution < 1.29 is 9.53 Å². The summed E-state index contributed by atoms with van der Waals surface area (Å²) >= 11 is 7.52. The van der Waals surface area contributed by atoms with Gasteiger partial charge >= 0.3 is 6.03 Å². The predicted molar refractivity (Wildman–Crippen MR) is 92.1 cm³/mol. The predicted octanol–water partition coefficient (Wildman–Crippen LogP) is 4.39.